The molecule has 0 fully saturated rings. The van der Waals surface area contributed by atoms with Crippen LogP contribution in [0.5, 0.6) is 5.88 Å². The topological polar surface area (TPSA) is 105 Å². The van der Waals surface area contributed by atoms with Crippen LogP contribution in [0, 0.1) is 0 Å². The van der Waals surface area contributed by atoms with Gasteiger partial charge < -0.3 is 20.1 Å². The molecule has 0 radical (unpaired) electrons. The lowest BCUT2D eigenvalue weighted by Crippen LogP contribution is -2.28. The highest BCUT2D eigenvalue weighted by atomic mass is 35.5. The van der Waals surface area contributed by atoms with Gasteiger partial charge >= 0.3 is 0 Å². The summed E-state index contributed by atoms with van der Waals surface area (Å²) in [5, 5.41) is 11.6. The predicted octanol–water partition coefficient (Wildman–Crippen LogP) is 2.60. The van der Waals surface area contributed by atoms with Crippen molar-refractivity contribution in [3.63, 3.8) is 0 Å². The Balaban J connectivity index is 1.78. The second-order valence-corrected chi connectivity index (χ2v) is 7.29. The smallest absolute Gasteiger partial charge is 0.272 e. The van der Waals surface area contributed by atoms with E-state index in [1.807, 2.05) is 0 Å². The first-order chi connectivity index (χ1) is 14.8. The Bertz CT molecular complexity index is 976. The molecule has 2 aromatic heterocycles. The summed E-state index contributed by atoms with van der Waals surface area (Å²) in [5.74, 6) is -0.804. The Hall–Kier alpha value is -2.85. The van der Waals surface area contributed by atoms with E-state index in [2.05, 4.69) is 15.3 Å². The maximum absolute atomic E-state index is 12.9. The number of nitrogens with zero attached hydrogens (tertiary/aromatic N) is 3. The van der Waals surface area contributed by atoms with Gasteiger partial charge in [-0.2, -0.15) is 0 Å². The minimum atomic E-state index is -2.65. The number of halogens is 3. The highest BCUT2D eigenvalue weighted by molar-refractivity contribution is 6.31. The highest BCUT2D eigenvalue weighted by Crippen LogP contribution is 2.34. The molecular weight excluding hydrogens is 434 g/mol. The maximum Gasteiger partial charge on any atom is 0.272 e. The van der Waals surface area contributed by atoms with Gasteiger partial charge in [0.25, 0.3) is 18.2 Å². The molecule has 1 unspecified atom stereocenters. The van der Waals surface area contributed by atoms with Gasteiger partial charge in [0.2, 0.25) is 5.88 Å². The van der Waals surface area contributed by atoms with Crippen LogP contribution < -0.4 is 10.1 Å². The van der Waals surface area contributed by atoms with E-state index in [1.54, 1.807) is 17.9 Å². The van der Waals surface area contributed by atoms with Gasteiger partial charge in [0.15, 0.2) is 6.61 Å². The molecule has 0 saturated carbocycles. The number of carbonyl (C=O) groups excluding carboxylic acids is 2. The van der Waals surface area contributed by atoms with Crippen molar-refractivity contribution in [3.8, 4) is 5.88 Å². The summed E-state index contributed by atoms with van der Waals surface area (Å²) in [4.78, 5) is 35.0. The number of pyridine rings is 2. The van der Waals surface area contributed by atoms with E-state index >= 15 is 0 Å². The van der Waals surface area contributed by atoms with Crippen molar-refractivity contribution in [1.29, 1.82) is 0 Å². The van der Waals surface area contributed by atoms with Crippen LogP contribution in [0.1, 0.15) is 51.4 Å². The summed E-state index contributed by atoms with van der Waals surface area (Å²) < 4.78 is 29.5. The molecule has 2 aromatic rings. The summed E-state index contributed by atoms with van der Waals surface area (Å²) in [6, 6.07) is 2.61. The Kier molecular flexibility index (Phi) is 7.34. The molecule has 0 aromatic carbocycles. The lowest BCUT2D eigenvalue weighted by atomic mass is 10.1. The molecule has 0 saturated heterocycles. The molecule has 31 heavy (non-hydrogen) atoms. The van der Waals surface area contributed by atoms with E-state index in [-0.39, 0.29) is 35.7 Å². The fourth-order valence-corrected chi connectivity index (χ4v) is 3.45. The second kappa shape index (κ2) is 9.97. The number of alkyl halides is 2. The van der Waals surface area contributed by atoms with Gasteiger partial charge in [-0.15, -0.1) is 0 Å². The lowest BCUT2D eigenvalue weighted by molar-refractivity contribution is 0.0712. The average molecular weight is 455 g/mol. The van der Waals surface area contributed by atoms with E-state index < -0.39 is 25.0 Å². The van der Waals surface area contributed by atoms with Gasteiger partial charge in [-0.1, -0.05) is 11.6 Å². The molecule has 8 nitrogen and oxygen atoms in total. The Morgan fingerprint density at radius 3 is 2.87 bits per heavy atom. The number of aromatic nitrogens is 2. The summed E-state index contributed by atoms with van der Waals surface area (Å²) in [6.07, 6.45) is 0.572. The third-order valence-corrected chi connectivity index (χ3v) is 5.11. The number of hydrogen-bond donors (Lipinski definition) is 2. The van der Waals surface area contributed by atoms with Crippen LogP contribution in [0.3, 0.4) is 0 Å². The number of amides is 2. The molecule has 166 valence electrons. The molecule has 1 aliphatic rings. The first kappa shape index (κ1) is 22.8. The standard InChI is InChI=1S/C20H21ClF2N4O4/c1-11(12-7-15(21)19(26-8-12)31-10-16(22)23)27-9-14-13(20(27)30)3-5-24-17(14)18(29)25-4-2-6-28/h3,5,7-8,11,16,28H,2,4,6,9-10H2,1H3,(H,25,29). The third kappa shape index (κ3) is 5.08. The fraction of sp³-hybridized carbons (Fsp3) is 0.400. The first-order valence-corrected chi connectivity index (χ1v) is 9.95. The summed E-state index contributed by atoms with van der Waals surface area (Å²) >= 11 is 6.10. The van der Waals surface area contributed by atoms with E-state index in [0.717, 1.165) is 0 Å². The van der Waals surface area contributed by atoms with Crippen LogP contribution in [0.4, 0.5) is 8.78 Å². The second-order valence-electron chi connectivity index (χ2n) is 6.89. The number of aliphatic hydroxyl groups is 1. The average Bonchev–Trinajstić information content (AvgIpc) is 3.09. The molecule has 1 atom stereocenters. The predicted molar refractivity (Wildman–Crippen MR) is 107 cm³/mol. The normalized spacial score (nSPS) is 14.0. The largest absolute Gasteiger partial charge is 0.471 e. The number of carbonyl (C=O) groups is 2. The number of rotatable bonds is 9. The zero-order chi connectivity index (χ0) is 22.5. The minimum Gasteiger partial charge on any atom is -0.471 e. The zero-order valence-electron chi connectivity index (χ0n) is 16.6. The van der Waals surface area contributed by atoms with Crippen molar-refractivity contribution < 1.29 is 28.2 Å². The van der Waals surface area contributed by atoms with Gasteiger partial charge in [0.05, 0.1) is 6.04 Å². The number of hydrogen-bond acceptors (Lipinski definition) is 6. The molecule has 11 heteroatoms. The third-order valence-electron chi connectivity index (χ3n) is 4.84. The van der Waals surface area contributed by atoms with E-state index in [4.69, 9.17) is 21.4 Å². The van der Waals surface area contributed by atoms with Crippen molar-refractivity contribution in [2.75, 3.05) is 19.8 Å². The highest BCUT2D eigenvalue weighted by Gasteiger charge is 2.35. The minimum absolute atomic E-state index is 0.0487. The molecule has 2 amide bonds. The van der Waals surface area contributed by atoms with E-state index in [0.29, 0.717) is 29.7 Å². The molecule has 3 heterocycles. The fourth-order valence-electron chi connectivity index (χ4n) is 3.22. The molecule has 3 rings (SSSR count). The molecule has 2 N–H and O–H groups in total. The van der Waals surface area contributed by atoms with Crippen LogP contribution in [0.15, 0.2) is 24.5 Å². The molecule has 0 bridgehead atoms. The SMILES string of the molecule is CC(c1cnc(OCC(F)F)c(Cl)c1)N1Cc2c(ccnc2C(=O)NCCCO)C1=O. The van der Waals surface area contributed by atoms with Crippen LogP contribution in [-0.2, 0) is 6.54 Å². The monoisotopic (exact) mass is 454 g/mol. The van der Waals surface area contributed by atoms with Gasteiger partial charge in [-0.3, -0.25) is 14.6 Å². The van der Waals surface area contributed by atoms with E-state index in [9.17, 15) is 18.4 Å². The zero-order valence-corrected chi connectivity index (χ0v) is 17.4. The van der Waals surface area contributed by atoms with Crippen LogP contribution in [0.2, 0.25) is 5.02 Å². The van der Waals surface area contributed by atoms with Crippen molar-refractivity contribution in [2.24, 2.45) is 0 Å². The quantitative estimate of drug-likeness (QED) is 0.564. The van der Waals surface area contributed by atoms with Gasteiger partial charge in [-0.25, -0.2) is 13.8 Å². The Morgan fingerprint density at radius 1 is 1.42 bits per heavy atom. The van der Waals surface area contributed by atoms with Crippen molar-refractivity contribution in [2.45, 2.75) is 32.4 Å². The van der Waals surface area contributed by atoms with Crippen molar-refractivity contribution in [3.05, 3.63) is 51.9 Å². The lowest BCUT2D eigenvalue weighted by Gasteiger charge is -2.24. The number of nitrogens with one attached hydrogen (secondary N) is 1. The molecule has 0 aliphatic carbocycles. The number of aliphatic hydroxyl groups excluding tert-OH is 1. The van der Waals surface area contributed by atoms with Gasteiger partial charge in [0, 0.05) is 43.2 Å². The van der Waals surface area contributed by atoms with Crippen LogP contribution >= 0.6 is 11.6 Å². The van der Waals surface area contributed by atoms with Crippen molar-refractivity contribution >= 4 is 23.4 Å². The molecule has 1 aliphatic heterocycles. The Morgan fingerprint density at radius 2 is 2.19 bits per heavy atom. The number of fused-ring (bicyclic) bond motifs is 1. The van der Waals surface area contributed by atoms with Crippen molar-refractivity contribution in [1.82, 2.24) is 20.2 Å². The molecular formula is C20H21ClF2N4O4. The van der Waals surface area contributed by atoms with Crippen LogP contribution in [-0.4, -0.2) is 58.0 Å². The van der Waals surface area contributed by atoms with Gasteiger partial charge in [-0.05, 0) is 31.0 Å². The van der Waals surface area contributed by atoms with Gasteiger partial charge in [0.1, 0.15) is 10.7 Å². The summed E-state index contributed by atoms with van der Waals surface area (Å²) in [7, 11) is 0. The number of ether oxygens (including phenoxy) is 1. The first-order valence-electron chi connectivity index (χ1n) is 9.57. The molecule has 0 spiro atoms. The van der Waals surface area contributed by atoms with E-state index in [1.165, 1.54) is 18.5 Å². The Labute approximate surface area is 182 Å². The summed E-state index contributed by atoms with van der Waals surface area (Å²) in [6.45, 7) is 1.35. The van der Waals surface area contributed by atoms with Crippen LogP contribution in [0.25, 0.3) is 0 Å². The maximum atomic E-state index is 12.9. The summed E-state index contributed by atoms with van der Waals surface area (Å²) in [5.41, 5.74) is 1.63.